The number of para-hydroxylation sites is 1. The van der Waals surface area contributed by atoms with Gasteiger partial charge in [0.2, 0.25) is 5.91 Å². The quantitative estimate of drug-likeness (QED) is 0.768. The number of hydrogen-bond acceptors (Lipinski definition) is 3. The summed E-state index contributed by atoms with van der Waals surface area (Å²) in [4.78, 5) is 12.5. The van der Waals surface area contributed by atoms with Gasteiger partial charge in [-0.15, -0.1) is 0 Å². The van der Waals surface area contributed by atoms with Crippen molar-refractivity contribution in [2.75, 3.05) is 13.7 Å². The number of benzene rings is 2. The van der Waals surface area contributed by atoms with Gasteiger partial charge in [-0.2, -0.15) is 0 Å². The van der Waals surface area contributed by atoms with E-state index in [0.29, 0.717) is 17.9 Å². The average molecular weight is 359 g/mol. The van der Waals surface area contributed by atoms with Gasteiger partial charge in [0.05, 0.1) is 19.1 Å². The minimum Gasteiger partial charge on any atom is -0.496 e. The fraction of sp³-hybridized carbons (Fsp3) is 0.381. The van der Waals surface area contributed by atoms with Crippen molar-refractivity contribution in [3.05, 3.63) is 65.5 Å². The molecule has 0 aromatic heterocycles. The van der Waals surface area contributed by atoms with Crippen LogP contribution < -0.4 is 10.1 Å². The van der Waals surface area contributed by atoms with E-state index in [0.717, 1.165) is 5.56 Å². The molecule has 0 radical (unpaired) electrons. The fourth-order valence-electron chi connectivity index (χ4n) is 2.77. The molecule has 0 bridgehead atoms. The Hall–Kier alpha value is -2.40. The van der Waals surface area contributed by atoms with Crippen LogP contribution >= 0.6 is 0 Å². The van der Waals surface area contributed by atoms with Crippen molar-refractivity contribution in [3.8, 4) is 5.75 Å². The van der Waals surface area contributed by atoms with Crippen LogP contribution in [-0.4, -0.2) is 25.7 Å². The van der Waals surface area contributed by atoms with Crippen molar-refractivity contribution < 1.29 is 18.7 Å². The second-order valence-electron chi connectivity index (χ2n) is 6.44. The lowest BCUT2D eigenvalue weighted by atomic mass is 10.00. The molecule has 0 fully saturated rings. The fourth-order valence-corrected chi connectivity index (χ4v) is 2.77. The first-order chi connectivity index (χ1) is 12.4. The van der Waals surface area contributed by atoms with Gasteiger partial charge in [0, 0.05) is 12.1 Å². The molecule has 4 nitrogen and oxygen atoms in total. The van der Waals surface area contributed by atoms with E-state index in [1.54, 1.807) is 26.2 Å². The molecule has 0 saturated carbocycles. The lowest BCUT2D eigenvalue weighted by molar-refractivity contribution is -0.123. The van der Waals surface area contributed by atoms with Gasteiger partial charge in [0.1, 0.15) is 17.7 Å². The van der Waals surface area contributed by atoms with E-state index in [1.165, 1.54) is 12.1 Å². The van der Waals surface area contributed by atoms with E-state index < -0.39 is 5.92 Å². The Morgan fingerprint density at radius 1 is 1.12 bits per heavy atom. The zero-order valence-corrected chi connectivity index (χ0v) is 15.7. The monoisotopic (exact) mass is 359 g/mol. The third-order valence-electron chi connectivity index (χ3n) is 4.13. The van der Waals surface area contributed by atoms with Gasteiger partial charge in [-0.05, 0) is 44.5 Å². The molecule has 1 amide bonds. The second kappa shape index (κ2) is 9.34. The number of methoxy groups -OCH3 is 1. The predicted molar refractivity (Wildman–Crippen MR) is 99.8 cm³/mol. The molecule has 2 rings (SSSR count). The van der Waals surface area contributed by atoms with Gasteiger partial charge in [0.15, 0.2) is 0 Å². The lowest BCUT2D eigenvalue weighted by Crippen LogP contribution is -2.33. The van der Waals surface area contributed by atoms with Crippen LogP contribution in [0.2, 0.25) is 0 Å². The molecule has 1 N–H and O–H groups in total. The van der Waals surface area contributed by atoms with Crippen molar-refractivity contribution >= 4 is 5.91 Å². The molecule has 0 heterocycles. The summed E-state index contributed by atoms with van der Waals surface area (Å²) in [6.45, 7) is 5.95. The van der Waals surface area contributed by atoms with Crippen molar-refractivity contribution in [1.82, 2.24) is 5.32 Å². The largest absolute Gasteiger partial charge is 0.496 e. The summed E-state index contributed by atoms with van der Waals surface area (Å²) in [7, 11) is 1.61. The molecule has 0 aliphatic carbocycles. The highest BCUT2D eigenvalue weighted by Crippen LogP contribution is 2.28. The van der Waals surface area contributed by atoms with Crippen LogP contribution in [-0.2, 0) is 9.53 Å². The molecule has 2 atom stereocenters. The Morgan fingerprint density at radius 3 is 2.50 bits per heavy atom. The highest BCUT2D eigenvalue weighted by Gasteiger charge is 2.21. The summed E-state index contributed by atoms with van der Waals surface area (Å²) in [6.07, 6.45) is -0.350. The molecule has 2 unspecified atom stereocenters. The van der Waals surface area contributed by atoms with Gasteiger partial charge in [-0.25, -0.2) is 4.39 Å². The SMILES string of the molecule is COc1ccccc1C(CNC(=O)C(C)c1cccc(F)c1)OC(C)C. The zero-order valence-electron chi connectivity index (χ0n) is 15.7. The first-order valence-corrected chi connectivity index (χ1v) is 8.74. The van der Waals surface area contributed by atoms with Gasteiger partial charge in [0.25, 0.3) is 0 Å². The molecule has 0 aliphatic rings. The first kappa shape index (κ1) is 19.9. The minimum atomic E-state index is -0.455. The molecule has 26 heavy (non-hydrogen) atoms. The topological polar surface area (TPSA) is 47.6 Å². The minimum absolute atomic E-state index is 0.0116. The number of ether oxygens (including phenoxy) is 2. The molecular formula is C21H26FNO3. The normalized spacial score (nSPS) is 13.3. The molecule has 5 heteroatoms. The van der Waals surface area contributed by atoms with Crippen molar-refractivity contribution in [2.45, 2.75) is 38.9 Å². The van der Waals surface area contributed by atoms with E-state index >= 15 is 0 Å². The van der Waals surface area contributed by atoms with Gasteiger partial charge in [-0.3, -0.25) is 4.79 Å². The number of amides is 1. The molecule has 2 aromatic rings. The molecule has 2 aromatic carbocycles. The molecule has 0 aliphatic heterocycles. The highest BCUT2D eigenvalue weighted by molar-refractivity contribution is 5.83. The Balaban J connectivity index is 2.10. The Bertz CT molecular complexity index is 733. The van der Waals surface area contributed by atoms with E-state index in [-0.39, 0.29) is 23.9 Å². The van der Waals surface area contributed by atoms with Gasteiger partial charge < -0.3 is 14.8 Å². The molecule has 0 saturated heterocycles. The van der Waals surface area contributed by atoms with E-state index in [9.17, 15) is 9.18 Å². The number of rotatable bonds is 8. The van der Waals surface area contributed by atoms with Gasteiger partial charge >= 0.3 is 0 Å². The van der Waals surface area contributed by atoms with E-state index in [2.05, 4.69) is 5.32 Å². The Morgan fingerprint density at radius 2 is 1.85 bits per heavy atom. The average Bonchev–Trinajstić information content (AvgIpc) is 2.63. The molecule has 140 valence electrons. The predicted octanol–water partition coefficient (Wildman–Crippen LogP) is 4.22. The Kier molecular flexibility index (Phi) is 7.16. The zero-order chi connectivity index (χ0) is 19.1. The Labute approximate surface area is 154 Å². The van der Waals surface area contributed by atoms with E-state index in [1.807, 2.05) is 38.1 Å². The van der Waals surface area contributed by atoms with Crippen LogP contribution in [0.15, 0.2) is 48.5 Å². The summed E-state index contributed by atoms with van der Waals surface area (Å²) in [6, 6.07) is 13.7. The van der Waals surface area contributed by atoms with E-state index in [4.69, 9.17) is 9.47 Å². The third-order valence-corrected chi connectivity index (χ3v) is 4.13. The van der Waals surface area contributed by atoms with Crippen LogP contribution in [0.1, 0.15) is 43.9 Å². The van der Waals surface area contributed by atoms with Gasteiger partial charge in [-0.1, -0.05) is 30.3 Å². The van der Waals surface area contributed by atoms with Crippen molar-refractivity contribution in [1.29, 1.82) is 0 Å². The van der Waals surface area contributed by atoms with Crippen LogP contribution in [0.3, 0.4) is 0 Å². The number of carbonyl (C=O) groups is 1. The summed E-state index contributed by atoms with van der Waals surface area (Å²) in [5.74, 6) is -0.270. The summed E-state index contributed by atoms with van der Waals surface area (Å²) in [5, 5.41) is 2.91. The molecular weight excluding hydrogens is 333 g/mol. The molecule has 0 spiro atoms. The highest BCUT2D eigenvalue weighted by atomic mass is 19.1. The van der Waals surface area contributed by atoms with Crippen molar-refractivity contribution in [2.24, 2.45) is 0 Å². The number of carbonyl (C=O) groups excluding carboxylic acids is 1. The summed E-state index contributed by atoms with van der Waals surface area (Å²) < 4.78 is 24.8. The third kappa shape index (κ3) is 5.30. The van der Waals surface area contributed by atoms with Crippen molar-refractivity contribution in [3.63, 3.8) is 0 Å². The summed E-state index contributed by atoms with van der Waals surface area (Å²) in [5.41, 5.74) is 1.52. The first-order valence-electron chi connectivity index (χ1n) is 8.74. The maximum Gasteiger partial charge on any atom is 0.227 e. The van der Waals surface area contributed by atoms with Crippen LogP contribution in [0.4, 0.5) is 4.39 Å². The smallest absolute Gasteiger partial charge is 0.227 e. The number of halogens is 1. The summed E-state index contributed by atoms with van der Waals surface area (Å²) >= 11 is 0. The standard InChI is InChI=1S/C21H26FNO3/c1-14(2)26-20(18-10-5-6-11-19(18)25-4)13-23-21(24)15(3)16-8-7-9-17(22)12-16/h5-12,14-15,20H,13H2,1-4H3,(H,23,24). The number of hydrogen-bond donors (Lipinski definition) is 1. The number of nitrogens with one attached hydrogen (secondary N) is 1. The van der Waals surface area contributed by atoms with Crippen LogP contribution in [0, 0.1) is 5.82 Å². The maximum absolute atomic E-state index is 13.4. The van der Waals surface area contributed by atoms with Crippen LogP contribution in [0.25, 0.3) is 0 Å². The maximum atomic E-state index is 13.4. The van der Waals surface area contributed by atoms with Crippen LogP contribution in [0.5, 0.6) is 5.75 Å². The lowest BCUT2D eigenvalue weighted by Gasteiger charge is -2.24. The second-order valence-corrected chi connectivity index (χ2v) is 6.44.